The van der Waals surface area contributed by atoms with Gasteiger partial charge in [0, 0.05) is 69.3 Å². The van der Waals surface area contributed by atoms with Crippen molar-refractivity contribution in [3.8, 4) is 0 Å². The minimum atomic E-state index is -1.16. The molecular weight excluding hydrogens is 632 g/mol. The molecule has 16 nitrogen and oxygen atoms in total. The quantitative estimate of drug-likeness (QED) is 0.0441. The summed E-state index contributed by atoms with van der Waals surface area (Å²) in [6, 6.07) is 0.0350. The number of carboxylic acids is 4. The van der Waals surface area contributed by atoms with Gasteiger partial charge in [-0.2, -0.15) is 0 Å². The third-order valence-corrected chi connectivity index (χ3v) is 6.50. The third-order valence-electron chi connectivity index (χ3n) is 6.50. The number of hydrogen-bond acceptors (Lipinski definition) is 10. The molecule has 0 aromatic heterocycles. The topological polar surface area (TPSA) is 220 Å². The number of rotatable bonds is 27. The van der Waals surface area contributed by atoms with Crippen LogP contribution in [0.2, 0.25) is 0 Å². The molecule has 6 N–H and O–H groups in total. The summed E-state index contributed by atoms with van der Waals surface area (Å²) >= 11 is 0. The molecule has 2 amide bonds. The van der Waals surface area contributed by atoms with Crippen LogP contribution in [0.1, 0.15) is 46.5 Å². The fourth-order valence-corrected chi connectivity index (χ4v) is 4.43. The van der Waals surface area contributed by atoms with Crippen molar-refractivity contribution in [2.24, 2.45) is 0 Å². The van der Waals surface area contributed by atoms with Crippen LogP contribution in [0.4, 0.5) is 0 Å². The van der Waals surface area contributed by atoms with Gasteiger partial charge in [-0.3, -0.25) is 48.4 Å². The molecule has 0 spiro atoms. The Hall–Kier alpha value is -2.82. The first-order valence-electron chi connectivity index (χ1n) is 14.5. The average molecular weight is 683 g/mol. The van der Waals surface area contributed by atoms with Crippen LogP contribution in [0.15, 0.2) is 0 Å². The monoisotopic (exact) mass is 682 g/mol. The number of hydrogen-bond donors (Lipinski definition) is 6. The molecule has 0 saturated heterocycles. The molecule has 0 aromatic rings. The Bertz CT molecular complexity index is 881. The van der Waals surface area contributed by atoms with Gasteiger partial charge in [-0.15, -0.1) is 0 Å². The fourth-order valence-electron chi connectivity index (χ4n) is 4.43. The number of aliphatic carboxylic acids is 4. The van der Waals surface area contributed by atoms with Gasteiger partial charge >= 0.3 is 23.9 Å². The van der Waals surface area contributed by atoms with Gasteiger partial charge < -0.3 is 31.1 Å². The van der Waals surface area contributed by atoms with Crippen molar-refractivity contribution in [2.75, 3.05) is 85.1 Å². The second-order valence-electron chi connectivity index (χ2n) is 10.5. The molecule has 0 aliphatic heterocycles. The van der Waals surface area contributed by atoms with Crippen molar-refractivity contribution < 1.29 is 66.3 Å². The number of carboxylic acid groups (broad SMARTS) is 4. The first kappa shape index (κ1) is 43.3. The van der Waals surface area contributed by atoms with Crippen LogP contribution in [0.25, 0.3) is 0 Å². The number of carbonyl (C=O) groups excluding carboxylic acids is 2. The van der Waals surface area contributed by atoms with E-state index in [2.05, 4.69) is 10.6 Å². The molecule has 1 radical (unpaired) electrons. The molecule has 17 heteroatoms. The van der Waals surface area contributed by atoms with Crippen LogP contribution in [0.3, 0.4) is 0 Å². The maximum atomic E-state index is 12.7. The Kier molecular flexibility index (Phi) is 25.1. The van der Waals surface area contributed by atoms with Crippen LogP contribution >= 0.6 is 0 Å². The van der Waals surface area contributed by atoms with E-state index in [1.807, 2.05) is 13.8 Å². The normalized spacial score (nSPS) is 11.8. The molecule has 44 heavy (non-hydrogen) atoms. The summed E-state index contributed by atoms with van der Waals surface area (Å²) in [4.78, 5) is 75.0. The fraction of sp³-hybridized carbons (Fsp3) is 0.778. The number of nitrogens with zero attached hydrogens (tertiary/aromatic N) is 4. The molecular formula is C27H50CuN6O10. The number of likely N-dealkylation sites (N-methyl/N-ethyl adjacent to an activating group) is 1. The number of carbonyl (C=O) groups is 6. The Balaban J connectivity index is 0. The van der Waals surface area contributed by atoms with Crippen LogP contribution in [-0.2, 0) is 45.8 Å². The van der Waals surface area contributed by atoms with Gasteiger partial charge in [0.25, 0.3) is 0 Å². The van der Waals surface area contributed by atoms with Gasteiger partial charge in [0.05, 0.1) is 32.7 Å². The summed E-state index contributed by atoms with van der Waals surface area (Å²) in [5, 5.41) is 42.3. The van der Waals surface area contributed by atoms with Crippen molar-refractivity contribution in [3.63, 3.8) is 0 Å². The van der Waals surface area contributed by atoms with Gasteiger partial charge in [-0.05, 0) is 45.7 Å². The summed E-state index contributed by atoms with van der Waals surface area (Å²) in [7, 11) is 0. The van der Waals surface area contributed by atoms with E-state index in [0.717, 1.165) is 12.8 Å². The maximum Gasteiger partial charge on any atom is 0.317 e. The molecule has 0 rings (SSSR count). The predicted molar refractivity (Wildman–Crippen MR) is 157 cm³/mol. The van der Waals surface area contributed by atoms with Crippen LogP contribution in [0.5, 0.6) is 0 Å². The first-order valence-corrected chi connectivity index (χ1v) is 14.5. The average Bonchev–Trinajstić information content (AvgIpc) is 2.87. The van der Waals surface area contributed by atoms with Crippen molar-refractivity contribution in [1.82, 2.24) is 30.2 Å². The van der Waals surface area contributed by atoms with Gasteiger partial charge in [0.15, 0.2) is 0 Å². The minimum Gasteiger partial charge on any atom is -0.480 e. The Morgan fingerprint density at radius 2 is 1.05 bits per heavy atom. The van der Waals surface area contributed by atoms with Crippen LogP contribution < -0.4 is 10.6 Å². The molecule has 1 atom stereocenters. The first-order chi connectivity index (χ1) is 20.2. The summed E-state index contributed by atoms with van der Waals surface area (Å²) in [5.74, 6) is -4.68. The van der Waals surface area contributed by atoms with Gasteiger partial charge in [-0.25, -0.2) is 0 Å². The second kappa shape index (κ2) is 25.5. The van der Waals surface area contributed by atoms with E-state index in [4.69, 9.17) is 15.3 Å². The van der Waals surface area contributed by atoms with E-state index in [1.54, 1.807) is 14.7 Å². The molecule has 0 saturated carbocycles. The zero-order valence-electron chi connectivity index (χ0n) is 25.9. The molecule has 259 valence electrons. The summed E-state index contributed by atoms with van der Waals surface area (Å²) < 4.78 is 0. The van der Waals surface area contributed by atoms with E-state index >= 15 is 0 Å². The van der Waals surface area contributed by atoms with Crippen molar-refractivity contribution >= 4 is 35.7 Å². The largest absolute Gasteiger partial charge is 0.480 e. The zero-order chi connectivity index (χ0) is 32.8. The molecule has 0 aromatic carbocycles. The zero-order valence-corrected chi connectivity index (χ0v) is 26.9. The molecule has 0 bridgehead atoms. The Morgan fingerprint density at radius 1 is 0.614 bits per heavy atom. The smallest absolute Gasteiger partial charge is 0.317 e. The Morgan fingerprint density at radius 3 is 1.52 bits per heavy atom. The molecule has 0 unspecified atom stereocenters. The maximum absolute atomic E-state index is 12.7. The summed E-state index contributed by atoms with van der Waals surface area (Å²) in [6.07, 6.45) is 2.66. The van der Waals surface area contributed by atoms with E-state index in [1.165, 1.54) is 11.8 Å². The summed E-state index contributed by atoms with van der Waals surface area (Å²) in [6.45, 7) is 6.50. The van der Waals surface area contributed by atoms with Gasteiger partial charge in [0.1, 0.15) is 0 Å². The second-order valence-corrected chi connectivity index (χ2v) is 10.5. The minimum absolute atomic E-state index is 0. The summed E-state index contributed by atoms with van der Waals surface area (Å²) in [5.41, 5.74) is 0. The molecule has 0 aliphatic carbocycles. The molecule has 0 aliphatic rings. The van der Waals surface area contributed by atoms with E-state index in [0.29, 0.717) is 52.1 Å². The number of unbranched alkanes of at least 4 members (excludes halogenated alkanes) is 1. The van der Waals surface area contributed by atoms with E-state index in [-0.39, 0.29) is 67.6 Å². The van der Waals surface area contributed by atoms with E-state index in [9.17, 15) is 33.9 Å². The van der Waals surface area contributed by atoms with Crippen LogP contribution in [-0.4, -0.2) is 167 Å². The van der Waals surface area contributed by atoms with Crippen molar-refractivity contribution in [3.05, 3.63) is 0 Å². The number of amides is 2. The van der Waals surface area contributed by atoms with Crippen molar-refractivity contribution in [1.29, 1.82) is 0 Å². The standard InChI is InChI=1S/C27H50N6O10.Cu/c1-4-30(17-24(36)37)12-13-32(18-25(38)39)15-14-31(10-7-11-33(19-26(40)41)20-27(42)43)16-23(35)28-9-6-5-8-21(2)29-22(3)34;/h21H,4-20H2,1-3H3,(H,28,35)(H,29,34)(H,36,37)(H,38,39)(H,40,41)(H,42,43);/t21-;/m1./s1/i;1+0. The Labute approximate surface area is 269 Å². The third kappa shape index (κ3) is 25.7. The van der Waals surface area contributed by atoms with Gasteiger partial charge in [0.2, 0.25) is 11.8 Å². The number of nitrogens with one attached hydrogen (secondary N) is 2. The molecule has 0 heterocycles. The van der Waals surface area contributed by atoms with Gasteiger partial charge in [-0.1, -0.05) is 6.92 Å². The van der Waals surface area contributed by atoms with E-state index < -0.39 is 37.0 Å². The van der Waals surface area contributed by atoms with Crippen LogP contribution in [0, 0.1) is 0 Å². The van der Waals surface area contributed by atoms with Crippen molar-refractivity contribution in [2.45, 2.75) is 52.5 Å². The molecule has 0 fully saturated rings. The predicted octanol–water partition coefficient (Wildman–Crippen LogP) is -1.25. The SMILES string of the molecule is CCN(CCN(CCN(CCCN(CC(=O)O)CC(=O)O)CC(=O)NCCCC[C@@H](C)NC(C)=O)CC(=O)O)CC(=O)O.[64Cu].